The average molecular weight is 415 g/mol. The Morgan fingerprint density at radius 3 is 2.25 bits per heavy atom. The molecular weight excluding hydrogens is 394 g/mol. The smallest absolute Gasteiger partial charge is 0.185 e. The fourth-order valence-corrected chi connectivity index (χ4v) is 5.22. The minimum Gasteiger partial charge on any atom is -0.357 e. The first kappa shape index (κ1) is 19.8. The molecule has 0 spiro atoms. The summed E-state index contributed by atoms with van der Waals surface area (Å²) in [5.74, 6) is -0.687. The van der Waals surface area contributed by atoms with Crippen LogP contribution >= 0.6 is 0 Å². The van der Waals surface area contributed by atoms with Crippen molar-refractivity contribution < 1.29 is 4.79 Å². The van der Waals surface area contributed by atoms with Crippen molar-refractivity contribution in [1.82, 2.24) is 4.90 Å². The van der Waals surface area contributed by atoms with E-state index >= 15 is 0 Å². The molecule has 4 nitrogen and oxygen atoms in total. The fraction of sp³-hybridized carbons (Fsp3) is 0.179. The highest BCUT2D eigenvalue weighted by Crippen LogP contribution is 2.59. The summed E-state index contributed by atoms with van der Waals surface area (Å²) in [5.41, 5.74) is 2.92. The zero-order valence-corrected chi connectivity index (χ0v) is 17.6. The summed E-state index contributed by atoms with van der Waals surface area (Å²) in [7, 11) is 0. The summed E-state index contributed by atoms with van der Waals surface area (Å²) in [6.07, 6.45) is 3.85. The number of aryl methyl sites for hydroxylation is 1. The molecule has 1 unspecified atom stereocenters. The van der Waals surface area contributed by atoms with Gasteiger partial charge >= 0.3 is 0 Å². The molecule has 0 aliphatic carbocycles. The largest absolute Gasteiger partial charge is 0.357 e. The maximum Gasteiger partial charge on any atom is 0.185 e. The predicted octanol–water partition coefficient (Wildman–Crippen LogP) is 5.40. The van der Waals surface area contributed by atoms with E-state index in [1.165, 1.54) is 0 Å². The molecule has 0 radical (unpaired) electrons. The Balaban J connectivity index is 1.76. The van der Waals surface area contributed by atoms with Crippen LogP contribution in [0.3, 0.4) is 0 Å². The summed E-state index contributed by atoms with van der Waals surface area (Å²) in [6, 6.07) is 28.3. The lowest BCUT2D eigenvalue weighted by atomic mass is 9.67. The van der Waals surface area contributed by atoms with Crippen molar-refractivity contribution in [2.75, 3.05) is 0 Å². The van der Waals surface area contributed by atoms with Crippen molar-refractivity contribution in [1.29, 1.82) is 10.5 Å². The minimum absolute atomic E-state index is 0.0831. The van der Waals surface area contributed by atoms with Gasteiger partial charge < -0.3 is 4.90 Å². The number of benzene rings is 3. The van der Waals surface area contributed by atoms with Gasteiger partial charge in [0.2, 0.25) is 0 Å². The zero-order chi connectivity index (χ0) is 22.3. The van der Waals surface area contributed by atoms with Crippen LogP contribution in [0.25, 0.3) is 6.08 Å². The van der Waals surface area contributed by atoms with Gasteiger partial charge in [-0.2, -0.15) is 10.5 Å². The standard InChI is InChI=1S/C28H21N3O/c1-19-11-13-22(14-12-19)26(32)25-24(21-8-3-2-4-9-21)28(17-29,18-30)27-23-10-6-5-7-20(23)15-16-31(25)27/h2-16,24-25,27H,1H3/t24-,25+,27?/m1/s1. The first-order valence-corrected chi connectivity index (χ1v) is 10.6. The van der Waals surface area contributed by atoms with Crippen LogP contribution in [0.5, 0.6) is 0 Å². The van der Waals surface area contributed by atoms with E-state index < -0.39 is 23.4 Å². The summed E-state index contributed by atoms with van der Waals surface area (Å²) in [5, 5.41) is 21.0. The number of nitriles is 2. The monoisotopic (exact) mass is 415 g/mol. The third kappa shape index (κ3) is 2.77. The van der Waals surface area contributed by atoms with Gasteiger partial charge in [-0.3, -0.25) is 4.79 Å². The molecule has 0 N–H and O–H groups in total. The van der Waals surface area contributed by atoms with Crippen LogP contribution in [0, 0.1) is 35.0 Å². The summed E-state index contributed by atoms with van der Waals surface area (Å²) in [6.45, 7) is 1.98. The summed E-state index contributed by atoms with van der Waals surface area (Å²) in [4.78, 5) is 15.9. The van der Waals surface area contributed by atoms with Crippen molar-refractivity contribution in [2.24, 2.45) is 5.41 Å². The molecule has 32 heavy (non-hydrogen) atoms. The van der Waals surface area contributed by atoms with Crippen LogP contribution in [-0.2, 0) is 0 Å². The lowest BCUT2D eigenvalue weighted by Gasteiger charge is -2.34. The minimum atomic E-state index is -1.42. The molecule has 0 bridgehead atoms. The van der Waals surface area contributed by atoms with Crippen LogP contribution in [0.15, 0.2) is 85.1 Å². The quantitative estimate of drug-likeness (QED) is 0.537. The lowest BCUT2D eigenvalue weighted by molar-refractivity contribution is 0.0874. The molecule has 5 rings (SSSR count). The third-order valence-electron chi connectivity index (χ3n) is 6.71. The number of hydrogen-bond acceptors (Lipinski definition) is 4. The zero-order valence-electron chi connectivity index (χ0n) is 17.6. The molecule has 4 heteroatoms. The summed E-state index contributed by atoms with van der Waals surface area (Å²) < 4.78 is 0. The fourth-order valence-electron chi connectivity index (χ4n) is 5.22. The number of fused-ring (bicyclic) bond motifs is 3. The maximum absolute atomic E-state index is 13.9. The highest BCUT2D eigenvalue weighted by atomic mass is 16.1. The van der Waals surface area contributed by atoms with E-state index in [1.807, 2.05) is 103 Å². The first-order valence-electron chi connectivity index (χ1n) is 10.6. The van der Waals surface area contributed by atoms with Crippen molar-refractivity contribution >= 4 is 11.9 Å². The average Bonchev–Trinajstić information content (AvgIpc) is 3.15. The Bertz CT molecular complexity index is 1280. The van der Waals surface area contributed by atoms with E-state index in [2.05, 4.69) is 12.1 Å². The topological polar surface area (TPSA) is 67.9 Å². The van der Waals surface area contributed by atoms with Crippen molar-refractivity contribution in [3.8, 4) is 12.1 Å². The van der Waals surface area contributed by atoms with E-state index in [0.717, 1.165) is 22.3 Å². The Morgan fingerprint density at radius 1 is 0.906 bits per heavy atom. The number of nitrogens with zero attached hydrogens (tertiary/aromatic N) is 3. The van der Waals surface area contributed by atoms with Gasteiger partial charge in [0.1, 0.15) is 6.04 Å². The maximum atomic E-state index is 13.9. The van der Waals surface area contributed by atoms with Crippen molar-refractivity contribution in [3.05, 3.63) is 113 Å². The number of hydrogen-bond donors (Lipinski definition) is 0. The number of carbonyl (C=O) groups excluding carboxylic acids is 1. The molecule has 0 amide bonds. The molecule has 2 aliphatic heterocycles. The number of rotatable bonds is 3. The van der Waals surface area contributed by atoms with Crippen LogP contribution in [-0.4, -0.2) is 16.7 Å². The van der Waals surface area contributed by atoms with Gasteiger partial charge in [0.25, 0.3) is 0 Å². The molecule has 0 aromatic heterocycles. The van der Waals surface area contributed by atoms with Gasteiger partial charge in [0, 0.05) is 17.7 Å². The summed E-state index contributed by atoms with van der Waals surface area (Å²) >= 11 is 0. The second-order valence-corrected chi connectivity index (χ2v) is 8.45. The molecule has 154 valence electrons. The second-order valence-electron chi connectivity index (χ2n) is 8.45. The van der Waals surface area contributed by atoms with Gasteiger partial charge in [-0.25, -0.2) is 0 Å². The van der Waals surface area contributed by atoms with Gasteiger partial charge in [-0.15, -0.1) is 0 Å². The van der Waals surface area contributed by atoms with Crippen LogP contribution in [0.1, 0.15) is 44.6 Å². The molecule has 2 aliphatic rings. The molecule has 3 aromatic carbocycles. The second kappa shape index (κ2) is 7.52. The van der Waals surface area contributed by atoms with Crippen LogP contribution in [0.2, 0.25) is 0 Å². The van der Waals surface area contributed by atoms with Gasteiger partial charge in [0.15, 0.2) is 11.2 Å². The normalized spacial score (nSPS) is 22.3. The van der Waals surface area contributed by atoms with E-state index in [1.54, 1.807) is 0 Å². The van der Waals surface area contributed by atoms with E-state index in [4.69, 9.17) is 0 Å². The SMILES string of the molecule is Cc1ccc(C(=O)[C@@H]2[C@@H](c3ccccc3)C(C#N)(C#N)C3c4ccccc4C=CN32)cc1. The van der Waals surface area contributed by atoms with Gasteiger partial charge in [0.05, 0.1) is 18.2 Å². The van der Waals surface area contributed by atoms with E-state index in [-0.39, 0.29) is 5.78 Å². The van der Waals surface area contributed by atoms with E-state index in [9.17, 15) is 15.3 Å². The Hall–Kier alpha value is -4.15. The molecule has 1 saturated heterocycles. The van der Waals surface area contributed by atoms with Crippen molar-refractivity contribution in [3.63, 3.8) is 0 Å². The van der Waals surface area contributed by atoms with Crippen LogP contribution < -0.4 is 0 Å². The Kier molecular flexibility index (Phi) is 4.65. The molecule has 3 aromatic rings. The molecule has 3 atom stereocenters. The molecule has 0 saturated carbocycles. The van der Waals surface area contributed by atoms with Crippen LogP contribution in [0.4, 0.5) is 0 Å². The van der Waals surface area contributed by atoms with E-state index in [0.29, 0.717) is 5.56 Å². The third-order valence-corrected chi connectivity index (χ3v) is 6.71. The Labute approximate surface area is 187 Å². The number of Topliss-reactive ketones (excluding diaryl/α,β-unsaturated/α-hetero) is 1. The predicted molar refractivity (Wildman–Crippen MR) is 122 cm³/mol. The first-order chi connectivity index (χ1) is 15.6. The van der Waals surface area contributed by atoms with Gasteiger partial charge in [-0.1, -0.05) is 84.4 Å². The number of carbonyl (C=O) groups is 1. The number of ketones is 1. The Morgan fingerprint density at radius 2 is 1.56 bits per heavy atom. The van der Waals surface area contributed by atoms with Gasteiger partial charge in [-0.05, 0) is 29.7 Å². The van der Waals surface area contributed by atoms with Crippen molar-refractivity contribution in [2.45, 2.75) is 24.9 Å². The highest BCUT2D eigenvalue weighted by Gasteiger charge is 2.63. The molecule has 2 heterocycles. The lowest BCUT2D eigenvalue weighted by Crippen LogP contribution is -2.37. The molecule has 1 fully saturated rings. The highest BCUT2D eigenvalue weighted by molar-refractivity contribution is 6.01. The molecular formula is C28H21N3O.